The fraction of sp³-hybridized carbons (Fsp3) is 0.467. The number of para-hydroxylation sites is 1. The van der Waals surface area contributed by atoms with Gasteiger partial charge in [0.2, 0.25) is 5.91 Å². The van der Waals surface area contributed by atoms with Gasteiger partial charge in [-0.15, -0.1) is 0 Å². The van der Waals surface area contributed by atoms with Gasteiger partial charge in [-0.3, -0.25) is 9.59 Å². The van der Waals surface area contributed by atoms with Gasteiger partial charge in [-0.05, 0) is 25.8 Å². The predicted molar refractivity (Wildman–Crippen MR) is 73.4 cm³/mol. The number of methoxy groups -OCH3 is 1. The van der Waals surface area contributed by atoms with Gasteiger partial charge in [-0.2, -0.15) is 0 Å². The molecule has 20 heavy (non-hydrogen) atoms. The third-order valence-electron chi connectivity index (χ3n) is 3.89. The van der Waals surface area contributed by atoms with E-state index in [1.54, 1.807) is 7.11 Å². The molecule has 1 fully saturated rings. The fourth-order valence-corrected chi connectivity index (χ4v) is 2.53. The van der Waals surface area contributed by atoms with Crippen molar-refractivity contribution >= 4 is 11.9 Å². The molecular weight excluding hydrogens is 258 g/mol. The lowest BCUT2D eigenvalue weighted by molar-refractivity contribution is -0.152. The Morgan fingerprint density at radius 2 is 1.95 bits per heavy atom. The molecule has 1 amide bonds. The lowest BCUT2D eigenvalue weighted by Crippen LogP contribution is -2.44. The number of rotatable bonds is 5. The predicted octanol–water partition coefficient (Wildman–Crippen LogP) is 1.98. The van der Waals surface area contributed by atoms with E-state index < -0.39 is 17.8 Å². The van der Waals surface area contributed by atoms with Gasteiger partial charge in [-0.1, -0.05) is 18.2 Å². The van der Waals surface area contributed by atoms with Crippen LogP contribution in [0.15, 0.2) is 24.3 Å². The number of hydrogen-bond acceptors (Lipinski definition) is 3. The average molecular weight is 277 g/mol. The summed E-state index contributed by atoms with van der Waals surface area (Å²) in [4.78, 5) is 23.1. The number of aliphatic carboxylic acids is 1. The lowest BCUT2D eigenvalue weighted by atomic mass is 9.73. The number of nitrogens with one attached hydrogen (secondary N) is 1. The molecule has 1 aromatic rings. The Morgan fingerprint density at radius 3 is 2.50 bits per heavy atom. The smallest absolute Gasteiger partial charge is 0.307 e. The third kappa shape index (κ3) is 2.76. The molecule has 3 unspecified atom stereocenters. The molecular formula is C15H19NO4. The van der Waals surface area contributed by atoms with Gasteiger partial charge in [0.15, 0.2) is 0 Å². The molecule has 1 saturated carbocycles. The van der Waals surface area contributed by atoms with Crippen molar-refractivity contribution in [2.24, 2.45) is 11.8 Å². The minimum atomic E-state index is -0.888. The second-order valence-corrected chi connectivity index (χ2v) is 5.10. The van der Waals surface area contributed by atoms with Crippen LogP contribution in [0.3, 0.4) is 0 Å². The standard InChI is InChI=1S/C15H19NO4/c1-9(10-5-3-4-6-13(10)20-2)16-14(17)11-7-8-12(11)15(18)19/h3-6,9,11-12H,7-8H2,1-2H3,(H,16,17)(H,18,19). The van der Waals surface area contributed by atoms with Crippen molar-refractivity contribution in [3.05, 3.63) is 29.8 Å². The first-order valence-electron chi connectivity index (χ1n) is 6.70. The molecule has 2 rings (SSSR count). The van der Waals surface area contributed by atoms with Crippen molar-refractivity contribution in [2.75, 3.05) is 7.11 Å². The van der Waals surface area contributed by atoms with Crippen LogP contribution in [-0.2, 0) is 9.59 Å². The SMILES string of the molecule is COc1ccccc1C(C)NC(=O)C1CCC1C(=O)O. The molecule has 2 N–H and O–H groups in total. The van der Waals surface area contributed by atoms with E-state index >= 15 is 0 Å². The van der Waals surface area contributed by atoms with Gasteiger partial charge in [0.05, 0.1) is 25.0 Å². The Balaban J connectivity index is 2.02. The molecule has 1 aromatic carbocycles. The monoisotopic (exact) mass is 277 g/mol. The van der Waals surface area contributed by atoms with Crippen molar-refractivity contribution in [3.8, 4) is 5.75 Å². The number of carboxylic acids is 1. The highest BCUT2D eigenvalue weighted by Crippen LogP contribution is 2.35. The Hall–Kier alpha value is -2.04. The average Bonchev–Trinajstić information content (AvgIpc) is 2.36. The second-order valence-electron chi connectivity index (χ2n) is 5.10. The maximum absolute atomic E-state index is 12.1. The van der Waals surface area contributed by atoms with E-state index in [4.69, 9.17) is 9.84 Å². The van der Waals surface area contributed by atoms with Crippen LogP contribution >= 0.6 is 0 Å². The molecule has 3 atom stereocenters. The zero-order valence-electron chi connectivity index (χ0n) is 11.6. The molecule has 0 aromatic heterocycles. The van der Waals surface area contributed by atoms with Gasteiger partial charge in [0.25, 0.3) is 0 Å². The molecule has 5 heteroatoms. The Labute approximate surface area is 117 Å². The van der Waals surface area contributed by atoms with Gasteiger partial charge >= 0.3 is 5.97 Å². The minimum Gasteiger partial charge on any atom is -0.496 e. The van der Waals surface area contributed by atoms with Crippen LogP contribution in [0, 0.1) is 11.8 Å². The van der Waals surface area contributed by atoms with Crippen molar-refractivity contribution in [1.29, 1.82) is 0 Å². The van der Waals surface area contributed by atoms with Crippen molar-refractivity contribution in [2.45, 2.75) is 25.8 Å². The van der Waals surface area contributed by atoms with Gasteiger partial charge in [0, 0.05) is 5.56 Å². The Morgan fingerprint density at radius 1 is 1.30 bits per heavy atom. The van der Waals surface area contributed by atoms with E-state index in [2.05, 4.69) is 5.32 Å². The Kier molecular flexibility index (Phi) is 4.27. The quantitative estimate of drug-likeness (QED) is 0.863. The van der Waals surface area contributed by atoms with E-state index in [0.29, 0.717) is 18.6 Å². The van der Waals surface area contributed by atoms with E-state index in [0.717, 1.165) is 5.56 Å². The van der Waals surface area contributed by atoms with E-state index in [1.807, 2.05) is 31.2 Å². The maximum atomic E-state index is 12.1. The Bertz CT molecular complexity index is 514. The number of amides is 1. The van der Waals surface area contributed by atoms with Crippen LogP contribution in [0.2, 0.25) is 0 Å². The molecule has 0 bridgehead atoms. The van der Waals surface area contributed by atoms with Crippen molar-refractivity contribution < 1.29 is 19.4 Å². The first-order chi connectivity index (χ1) is 9.54. The van der Waals surface area contributed by atoms with Crippen LogP contribution in [0.1, 0.15) is 31.4 Å². The highest BCUT2D eigenvalue weighted by molar-refractivity contribution is 5.86. The van der Waals surface area contributed by atoms with Crippen LogP contribution in [-0.4, -0.2) is 24.1 Å². The van der Waals surface area contributed by atoms with Crippen LogP contribution in [0.25, 0.3) is 0 Å². The minimum absolute atomic E-state index is 0.193. The maximum Gasteiger partial charge on any atom is 0.307 e. The number of benzene rings is 1. The summed E-state index contributed by atoms with van der Waals surface area (Å²) in [7, 11) is 1.58. The summed E-state index contributed by atoms with van der Waals surface area (Å²) in [6, 6.07) is 7.25. The largest absolute Gasteiger partial charge is 0.496 e. The molecule has 0 heterocycles. The molecule has 0 radical (unpaired) electrons. The zero-order chi connectivity index (χ0) is 14.7. The zero-order valence-corrected chi connectivity index (χ0v) is 11.6. The normalized spacial score (nSPS) is 22.5. The van der Waals surface area contributed by atoms with Crippen LogP contribution < -0.4 is 10.1 Å². The van der Waals surface area contributed by atoms with E-state index in [1.165, 1.54) is 0 Å². The van der Waals surface area contributed by atoms with Gasteiger partial charge < -0.3 is 15.2 Å². The van der Waals surface area contributed by atoms with E-state index in [-0.39, 0.29) is 11.9 Å². The molecule has 1 aliphatic carbocycles. The molecule has 5 nitrogen and oxygen atoms in total. The number of hydrogen-bond donors (Lipinski definition) is 2. The number of carboxylic acid groups (broad SMARTS) is 1. The molecule has 0 saturated heterocycles. The first kappa shape index (κ1) is 14.4. The number of ether oxygens (including phenoxy) is 1. The van der Waals surface area contributed by atoms with Gasteiger partial charge in [-0.25, -0.2) is 0 Å². The summed E-state index contributed by atoms with van der Waals surface area (Å²) in [5, 5.41) is 11.9. The topological polar surface area (TPSA) is 75.6 Å². The summed E-state index contributed by atoms with van der Waals surface area (Å²) >= 11 is 0. The molecule has 108 valence electrons. The summed E-state index contributed by atoms with van der Waals surface area (Å²) in [6.07, 6.45) is 1.22. The summed E-state index contributed by atoms with van der Waals surface area (Å²) in [5.41, 5.74) is 0.884. The molecule has 1 aliphatic rings. The van der Waals surface area contributed by atoms with Crippen molar-refractivity contribution in [1.82, 2.24) is 5.32 Å². The van der Waals surface area contributed by atoms with E-state index in [9.17, 15) is 9.59 Å². The highest BCUT2D eigenvalue weighted by atomic mass is 16.5. The fourth-order valence-electron chi connectivity index (χ4n) is 2.53. The van der Waals surface area contributed by atoms with Gasteiger partial charge in [0.1, 0.15) is 5.75 Å². The second kappa shape index (κ2) is 5.94. The first-order valence-corrected chi connectivity index (χ1v) is 6.70. The summed E-state index contributed by atoms with van der Waals surface area (Å²) in [6.45, 7) is 1.87. The van der Waals surface area contributed by atoms with Crippen LogP contribution in [0.5, 0.6) is 5.75 Å². The summed E-state index contributed by atoms with van der Waals surface area (Å²) in [5.74, 6) is -1.32. The molecule has 0 aliphatic heterocycles. The molecule has 0 spiro atoms. The van der Waals surface area contributed by atoms with Crippen LogP contribution in [0.4, 0.5) is 0 Å². The summed E-state index contributed by atoms with van der Waals surface area (Å²) < 4.78 is 5.26. The third-order valence-corrected chi connectivity index (χ3v) is 3.89. The number of carbonyl (C=O) groups is 2. The van der Waals surface area contributed by atoms with Crippen molar-refractivity contribution in [3.63, 3.8) is 0 Å². The lowest BCUT2D eigenvalue weighted by Gasteiger charge is -2.33. The highest BCUT2D eigenvalue weighted by Gasteiger charge is 2.41. The number of carbonyl (C=O) groups excluding carboxylic acids is 1.